The van der Waals surface area contributed by atoms with E-state index in [1.807, 2.05) is 0 Å². The van der Waals surface area contributed by atoms with Gasteiger partial charge in [0.15, 0.2) is 6.29 Å². The van der Waals surface area contributed by atoms with Gasteiger partial charge in [-0.15, -0.1) is 0 Å². The van der Waals surface area contributed by atoms with Crippen LogP contribution in [0.2, 0.25) is 0 Å². The lowest BCUT2D eigenvalue weighted by Gasteiger charge is -2.38. The first-order valence-electron chi connectivity index (χ1n) is 3.70. The van der Waals surface area contributed by atoms with Gasteiger partial charge in [-0.25, -0.2) is 4.57 Å². The maximum Gasteiger partial charge on any atom is 0.471 e. The molecule has 2 atom stereocenters. The number of rotatable bonds is 2. The lowest BCUT2D eigenvalue weighted by molar-refractivity contribution is -0.129. The molecule has 0 aliphatic carbocycles. The molecule has 6 nitrogen and oxygen atoms in total. The van der Waals surface area contributed by atoms with Crippen LogP contribution in [0.25, 0.3) is 0 Å². The second-order valence-electron chi connectivity index (χ2n) is 3.51. The molecular weight excluding hydrogens is 253 g/mol. The molecule has 1 rings (SSSR count). The van der Waals surface area contributed by atoms with Crippen molar-refractivity contribution in [2.75, 3.05) is 6.61 Å². The molecule has 1 aliphatic heterocycles. The van der Waals surface area contributed by atoms with Gasteiger partial charge in [0.05, 0.1) is 6.61 Å². The molecule has 2 unspecified atom stereocenters. The van der Waals surface area contributed by atoms with E-state index in [1.54, 1.807) is 13.8 Å². The fourth-order valence-electron chi connectivity index (χ4n) is 0.820. The molecule has 0 amide bonds. The molecule has 0 spiro atoms. The molecule has 0 bridgehead atoms. The third-order valence-corrected chi connectivity index (χ3v) is 3.28. The Labute approximate surface area is 87.4 Å². The van der Waals surface area contributed by atoms with Gasteiger partial charge < -0.3 is 14.3 Å². The topological polar surface area (TPSA) is 85.2 Å². The van der Waals surface area contributed by atoms with Crippen LogP contribution in [0.4, 0.5) is 0 Å². The Hall–Kier alpha value is 0.750. The van der Waals surface area contributed by atoms with Gasteiger partial charge in [-0.2, -0.15) is 0 Å². The van der Waals surface area contributed by atoms with Crippen molar-refractivity contribution in [3.63, 3.8) is 0 Å². The summed E-state index contributed by atoms with van der Waals surface area (Å²) in [6.45, 7) is 3.63. The Morgan fingerprint density at radius 3 is 2.71 bits per heavy atom. The van der Waals surface area contributed by atoms with Crippen molar-refractivity contribution in [1.29, 1.82) is 0 Å². The lowest BCUT2D eigenvalue weighted by atomic mass is 9.94. The van der Waals surface area contributed by atoms with Gasteiger partial charge >= 0.3 is 7.82 Å². The lowest BCUT2D eigenvalue weighted by Crippen LogP contribution is -2.39. The van der Waals surface area contributed by atoms with Crippen LogP contribution in [0.1, 0.15) is 13.8 Å². The first kappa shape index (κ1) is 12.8. The van der Waals surface area contributed by atoms with Crippen LogP contribution >= 0.6 is 26.8 Å². The Bertz CT molecular complexity index is 253. The Morgan fingerprint density at radius 1 is 1.64 bits per heavy atom. The summed E-state index contributed by atoms with van der Waals surface area (Å²) in [5, 5.41) is 0. The highest BCUT2D eigenvalue weighted by Crippen LogP contribution is 2.55. The van der Waals surface area contributed by atoms with E-state index in [0.29, 0.717) is 0 Å². The van der Waals surface area contributed by atoms with Crippen molar-refractivity contribution < 1.29 is 27.9 Å². The standard InChI is InChI=1S/C5H11ClO6P2/c1-5(2)3-10-13(6)11-4(5)12-14(7,8)9/h4H,3H2,1-2H3,(H2,7,8,9). The van der Waals surface area contributed by atoms with Gasteiger partial charge in [0.2, 0.25) is 0 Å². The average molecular weight is 265 g/mol. The molecular formula is C5H11ClO6P2. The zero-order valence-electron chi connectivity index (χ0n) is 7.58. The number of hydrogen-bond donors (Lipinski definition) is 2. The largest absolute Gasteiger partial charge is 0.471 e. The maximum atomic E-state index is 10.6. The highest BCUT2D eigenvalue weighted by Gasteiger charge is 2.42. The summed E-state index contributed by atoms with van der Waals surface area (Å²) in [7, 11) is -6.21. The number of hydrogen-bond acceptors (Lipinski definition) is 4. The SMILES string of the molecule is CC1(C)COP(Cl)OC1OP(=O)(O)O. The summed E-state index contributed by atoms with van der Waals surface area (Å²) in [6, 6.07) is 0. The Balaban J connectivity index is 2.68. The van der Waals surface area contributed by atoms with Gasteiger partial charge in [-0.05, 0) is 11.2 Å². The van der Waals surface area contributed by atoms with Crippen molar-refractivity contribution in [3.05, 3.63) is 0 Å². The first-order valence-corrected chi connectivity index (χ1v) is 7.31. The second kappa shape index (κ2) is 4.32. The van der Waals surface area contributed by atoms with Crippen molar-refractivity contribution in [2.45, 2.75) is 20.1 Å². The number of phosphoric acid groups is 1. The molecule has 1 saturated heterocycles. The molecule has 1 heterocycles. The molecule has 14 heavy (non-hydrogen) atoms. The van der Waals surface area contributed by atoms with Crippen LogP contribution in [-0.4, -0.2) is 22.7 Å². The van der Waals surface area contributed by atoms with E-state index < -0.39 is 27.3 Å². The smallest absolute Gasteiger partial charge is 0.321 e. The fourth-order valence-corrected chi connectivity index (χ4v) is 2.80. The molecule has 1 aliphatic rings. The summed E-state index contributed by atoms with van der Waals surface area (Å²) in [5.41, 5.74) is -0.644. The molecule has 0 saturated carbocycles. The van der Waals surface area contributed by atoms with Crippen molar-refractivity contribution in [1.82, 2.24) is 0 Å². The van der Waals surface area contributed by atoms with Crippen LogP contribution in [0.3, 0.4) is 0 Å². The molecule has 1 fully saturated rings. The van der Waals surface area contributed by atoms with Crippen molar-refractivity contribution in [3.8, 4) is 0 Å². The quantitative estimate of drug-likeness (QED) is 0.742. The molecule has 0 radical (unpaired) electrons. The normalized spacial score (nSPS) is 32.9. The summed E-state index contributed by atoms with van der Waals surface area (Å²) in [5.74, 6) is 0. The average Bonchev–Trinajstić information content (AvgIpc) is 1.95. The first-order chi connectivity index (χ1) is 6.21. The van der Waals surface area contributed by atoms with Gasteiger partial charge in [0.25, 0.3) is 7.73 Å². The van der Waals surface area contributed by atoms with E-state index in [2.05, 4.69) is 4.52 Å². The van der Waals surface area contributed by atoms with Gasteiger partial charge in [-0.3, -0.25) is 9.05 Å². The zero-order valence-corrected chi connectivity index (χ0v) is 10.1. The predicted molar refractivity (Wildman–Crippen MR) is 50.5 cm³/mol. The van der Waals surface area contributed by atoms with E-state index in [9.17, 15) is 4.57 Å². The predicted octanol–water partition coefficient (Wildman–Crippen LogP) is 1.96. The maximum absolute atomic E-state index is 10.6. The molecule has 0 aromatic rings. The van der Waals surface area contributed by atoms with Crippen molar-refractivity contribution in [2.24, 2.45) is 5.41 Å². The van der Waals surface area contributed by atoms with E-state index in [1.165, 1.54) is 0 Å². The van der Waals surface area contributed by atoms with Crippen LogP contribution in [0.5, 0.6) is 0 Å². The minimum absolute atomic E-state index is 0.229. The summed E-state index contributed by atoms with van der Waals surface area (Å²) >= 11 is 5.55. The minimum Gasteiger partial charge on any atom is -0.321 e. The third-order valence-electron chi connectivity index (χ3n) is 1.59. The zero-order chi connectivity index (χ0) is 11.0. The van der Waals surface area contributed by atoms with E-state index in [-0.39, 0.29) is 6.61 Å². The summed E-state index contributed by atoms with van der Waals surface area (Å²) in [4.78, 5) is 17.2. The van der Waals surface area contributed by atoms with Crippen LogP contribution in [0, 0.1) is 5.41 Å². The van der Waals surface area contributed by atoms with Gasteiger partial charge in [0.1, 0.15) is 0 Å². The Morgan fingerprint density at radius 2 is 2.21 bits per heavy atom. The minimum atomic E-state index is -4.57. The molecule has 0 aromatic carbocycles. The van der Waals surface area contributed by atoms with E-state index in [4.69, 9.17) is 30.1 Å². The second-order valence-corrected chi connectivity index (χ2v) is 6.42. The molecule has 9 heteroatoms. The number of halogens is 1. The monoisotopic (exact) mass is 264 g/mol. The summed E-state index contributed by atoms with van der Waals surface area (Å²) < 4.78 is 25.1. The Kier molecular flexibility index (Phi) is 3.95. The molecule has 2 N–H and O–H groups in total. The highest BCUT2D eigenvalue weighted by atomic mass is 35.7. The number of phosphoric ester groups is 1. The van der Waals surface area contributed by atoms with E-state index >= 15 is 0 Å². The highest BCUT2D eigenvalue weighted by molar-refractivity contribution is 7.76. The fraction of sp³-hybridized carbons (Fsp3) is 1.00. The van der Waals surface area contributed by atoms with Gasteiger partial charge in [0, 0.05) is 5.41 Å². The van der Waals surface area contributed by atoms with Gasteiger partial charge in [-0.1, -0.05) is 13.8 Å². The third kappa shape index (κ3) is 3.72. The summed E-state index contributed by atoms with van der Waals surface area (Å²) in [6.07, 6.45) is -1.05. The molecule has 0 aromatic heterocycles. The van der Waals surface area contributed by atoms with Crippen LogP contribution in [-0.2, 0) is 18.1 Å². The van der Waals surface area contributed by atoms with E-state index in [0.717, 1.165) is 0 Å². The van der Waals surface area contributed by atoms with Crippen LogP contribution < -0.4 is 0 Å². The van der Waals surface area contributed by atoms with Crippen LogP contribution in [0.15, 0.2) is 0 Å². The molecule has 84 valence electrons. The van der Waals surface area contributed by atoms with Crippen molar-refractivity contribution >= 4 is 26.8 Å².